The third kappa shape index (κ3) is 4.26. The number of methoxy groups -OCH3 is 1. The largest absolute Gasteiger partial charge is 0.479 e. The quantitative estimate of drug-likeness (QED) is 0.731. The Morgan fingerprint density at radius 1 is 1.24 bits per heavy atom. The molecule has 17 heavy (non-hydrogen) atoms. The van der Waals surface area contributed by atoms with Crippen LogP contribution in [0.25, 0.3) is 0 Å². The van der Waals surface area contributed by atoms with Gasteiger partial charge in [-0.2, -0.15) is 0 Å². The van der Waals surface area contributed by atoms with E-state index in [1.807, 2.05) is 0 Å². The first-order valence-corrected chi connectivity index (χ1v) is 5.35. The number of carbonyl (C=O) groups excluding carboxylic acids is 2. The number of hydrogen-bond acceptors (Lipinski definition) is 4. The summed E-state index contributed by atoms with van der Waals surface area (Å²) >= 11 is 0. The molecule has 0 spiro atoms. The van der Waals surface area contributed by atoms with Crippen LogP contribution in [0.4, 0.5) is 0 Å². The zero-order valence-electron chi connectivity index (χ0n) is 10.2. The summed E-state index contributed by atoms with van der Waals surface area (Å²) in [5.41, 5.74) is 0.926. The lowest BCUT2D eigenvalue weighted by Crippen LogP contribution is -2.24. The molecule has 0 saturated carbocycles. The van der Waals surface area contributed by atoms with Crippen LogP contribution in [0.2, 0.25) is 0 Å². The fourth-order valence-corrected chi connectivity index (χ4v) is 1.39. The molecule has 0 aliphatic rings. The molecule has 0 radical (unpaired) electrons. The Balaban J connectivity index is 2.62. The van der Waals surface area contributed by atoms with Gasteiger partial charge in [-0.15, -0.1) is 0 Å². The van der Waals surface area contributed by atoms with Crippen molar-refractivity contribution in [3.8, 4) is 5.75 Å². The number of carbonyl (C=O) groups is 2. The summed E-state index contributed by atoms with van der Waals surface area (Å²) < 4.78 is 9.92. The van der Waals surface area contributed by atoms with Crippen molar-refractivity contribution in [2.45, 2.75) is 26.4 Å². The number of rotatable bonds is 5. The second-order valence-electron chi connectivity index (χ2n) is 3.81. The van der Waals surface area contributed by atoms with Gasteiger partial charge in [0.1, 0.15) is 11.5 Å². The molecule has 0 heterocycles. The minimum absolute atomic E-state index is 0.113. The van der Waals surface area contributed by atoms with Gasteiger partial charge >= 0.3 is 5.97 Å². The Hall–Kier alpha value is -1.84. The molecule has 4 heteroatoms. The highest BCUT2D eigenvalue weighted by atomic mass is 16.6. The lowest BCUT2D eigenvalue weighted by molar-refractivity contribution is -0.147. The van der Waals surface area contributed by atoms with Crippen molar-refractivity contribution < 1.29 is 19.1 Å². The molecule has 0 bridgehead atoms. The van der Waals surface area contributed by atoms with Crippen molar-refractivity contribution in [2.24, 2.45) is 0 Å². The molecule has 1 unspecified atom stereocenters. The highest BCUT2D eigenvalue weighted by Gasteiger charge is 2.14. The molecular formula is C13H16O4. The van der Waals surface area contributed by atoms with Gasteiger partial charge < -0.3 is 9.47 Å². The van der Waals surface area contributed by atoms with Crippen LogP contribution in [-0.2, 0) is 20.7 Å². The monoisotopic (exact) mass is 236 g/mol. The molecule has 0 amide bonds. The van der Waals surface area contributed by atoms with Crippen LogP contribution in [0.5, 0.6) is 5.75 Å². The van der Waals surface area contributed by atoms with Crippen LogP contribution in [0.3, 0.4) is 0 Å². The maximum absolute atomic E-state index is 11.1. The van der Waals surface area contributed by atoms with Crippen LogP contribution >= 0.6 is 0 Å². The Labute approximate surface area is 101 Å². The third-order valence-electron chi connectivity index (χ3n) is 2.22. The van der Waals surface area contributed by atoms with Gasteiger partial charge in [-0.3, -0.25) is 4.79 Å². The normalized spacial score (nSPS) is 11.7. The predicted molar refractivity (Wildman–Crippen MR) is 62.9 cm³/mol. The maximum atomic E-state index is 11.1. The summed E-state index contributed by atoms with van der Waals surface area (Å²) in [6, 6.07) is 7.08. The Morgan fingerprint density at radius 3 is 2.29 bits per heavy atom. The lowest BCUT2D eigenvalue weighted by atomic mass is 10.1. The van der Waals surface area contributed by atoms with Crippen LogP contribution in [0.15, 0.2) is 24.3 Å². The minimum Gasteiger partial charge on any atom is -0.479 e. The van der Waals surface area contributed by atoms with Crippen LogP contribution < -0.4 is 4.74 Å². The summed E-state index contributed by atoms with van der Waals surface area (Å²) in [6.45, 7) is 3.17. The lowest BCUT2D eigenvalue weighted by Gasteiger charge is -2.12. The Morgan fingerprint density at radius 2 is 1.82 bits per heavy atom. The van der Waals surface area contributed by atoms with E-state index >= 15 is 0 Å². The first kappa shape index (κ1) is 13.2. The van der Waals surface area contributed by atoms with Gasteiger partial charge in [-0.05, 0) is 31.5 Å². The fourth-order valence-electron chi connectivity index (χ4n) is 1.39. The van der Waals surface area contributed by atoms with Gasteiger partial charge in [0.25, 0.3) is 0 Å². The third-order valence-corrected chi connectivity index (χ3v) is 2.22. The first-order chi connectivity index (χ1) is 8.02. The van der Waals surface area contributed by atoms with Crippen LogP contribution in [-0.4, -0.2) is 25.0 Å². The van der Waals surface area contributed by atoms with Crippen molar-refractivity contribution in [2.75, 3.05) is 7.11 Å². The van der Waals surface area contributed by atoms with Gasteiger partial charge in [0, 0.05) is 6.42 Å². The molecule has 92 valence electrons. The first-order valence-electron chi connectivity index (χ1n) is 5.35. The van der Waals surface area contributed by atoms with Crippen LogP contribution in [0.1, 0.15) is 19.4 Å². The van der Waals surface area contributed by atoms with Gasteiger partial charge in [0.2, 0.25) is 0 Å². The molecule has 0 saturated heterocycles. The predicted octanol–water partition coefficient (Wildman–Crippen LogP) is 1.76. The Bertz CT molecular complexity index is 394. The van der Waals surface area contributed by atoms with Gasteiger partial charge in [0.05, 0.1) is 7.11 Å². The molecule has 0 N–H and O–H groups in total. The van der Waals surface area contributed by atoms with Crippen molar-refractivity contribution >= 4 is 11.8 Å². The summed E-state index contributed by atoms with van der Waals surface area (Å²) in [4.78, 5) is 22.0. The molecule has 0 fully saturated rings. The zero-order chi connectivity index (χ0) is 12.8. The van der Waals surface area contributed by atoms with E-state index in [0.717, 1.165) is 5.56 Å². The number of esters is 1. The van der Waals surface area contributed by atoms with Gasteiger partial charge in [-0.25, -0.2) is 4.79 Å². The second kappa shape index (κ2) is 6.03. The van der Waals surface area contributed by atoms with Crippen molar-refractivity contribution in [3.05, 3.63) is 29.8 Å². The van der Waals surface area contributed by atoms with E-state index in [9.17, 15) is 9.59 Å². The average molecular weight is 236 g/mol. The van der Waals surface area contributed by atoms with E-state index in [2.05, 4.69) is 4.74 Å². The summed E-state index contributed by atoms with van der Waals surface area (Å²) in [5, 5.41) is 0. The molecule has 1 aromatic rings. The molecule has 1 rings (SSSR count). The maximum Gasteiger partial charge on any atom is 0.346 e. The minimum atomic E-state index is -0.640. The number of hydrogen-bond donors (Lipinski definition) is 0. The molecule has 0 aromatic heterocycles. The van der Waals surface area contributed by atoms with E-state index in [1.54, 1.807) is 38.1 Å². The highest BCUT2D eigenvalue weighted by Crippen LogP contribution is 2.14. The van der Waals surface area contributed by atoms with Gasteiger partial charge in [0.15, 0.2) is 6.10 Å². The molecule has 0 aliphatic carbocycles. The topological polar surface area (TPSA) is 52.6 Å². The number of ether oxygens (including phenoxy) is 2. The SMILES string of the molecule is COC(=O)C(C)Oc1ccc(CC(C)=O)cc1. The van der Waals surface area contributed by atoms with E-state index < -0.39 is 12.1 Å². The zero-order valence-corrected chi connectivity index (χ0v) is 10.2. The summed E-state index contributed by atoms with van der Waals surface area (Å²) in [5.74, 6) is 0.273. The van der Waals surface area contributed by atoms with Gasteiger partial charge in [-0.1, -0.05) is 12.1 Å². The standard InChI is InChI=1S/C13H16O4/c1-9(14)8-11-4-6-12(7-5-11)17-10(2)13(15)16-3/h4-7,10H,8H2,1-3H3. The summed E-state index contributed by atoms with van der Waals surface area (Å²) in [6.07, 6.45) is -0.231. The van der Waals surface area contributed by atoms with E-state index in [1.165, 1.54) is 7.11 Å². The molecule has 0 aliphatic heterocycles. The average Bonchev–Trinajstić information content (AvgIpc) is 2.30. The van der Waals surface area contributed by atoms with Crippen LogP contribution in [0, 0.1) is 0 Å². The van der Waals surface area contributed by atoms with Crippen molar-refractivity contribution in [1.82, 2.24) is 0 Å². The van der Waals surface area contributed by atoms with E-state index in [-0.39, 0.29) is 5.78 Å². The van der Waals surface area contributed by atoms with E-state index in [4.69, 9.17) is 4.74 Å². The fraction of sp³-hybridized carbons (Fsp3) is 0.385. The summed E-state index contributed by atoms with van der Waals surface area (Å²) in [7, 11) is 1.32. The highest BCUT2D eigenvalue weighted by molar-refractivity contribution is 5.78. The smallest absolute Gasteiger partial charge is 0.346 e. The molecule has 4 nitrogen and oxygen atoms in total. The van der Waals surface area contributed by atoms with Crippen molar-refractivity contribution in [3.63, 3.8) is 0 Å². The molecule has 1 aromatic carbocycles. The van der Waals surface area contributed by atoms with E-state index in [0.29, 0.717) is 12.2 Å². The van der Waals surface area contributed by atoms with Crippen molar-refractivity contribution in [1.29, 1.82) is 0 Å². The second-order valence-corrected chi connectivity index (χ2v) is 3.81. The molecule has 1 atom stereocenters. The Kier molecular flexibility index (Phi) is 4.69. The number of benzene rings is 1. The number of ketones is 1. The molecular weight excluding hydrogens is 220 g/mol. The number of Topliss-reactive ketones (excluding diaryl/α,β-unsaturated/α-hetero) is 1.